The third-order valence-electron chi connectivity index (χ3n) is 4.23. The highest BCUT2D eigenvalue weighted by atomic mass is 16.5. The van der Waals surface area contributed by atoms with E-state index in [4.69, 9.17) is 4.74 Å². The van der Waals surface area contributed by atoms with Gasteiger partial charge >= 0.3 is 6.03 Å². The predicted molar refractivity (Wildman–Crippen MR) is 84.8 cm³/mol. The zero-order valence-electron chi connectivity index (χ0n) is 13.3. The van der Waals surface area contributed by atoms with E-state index in [9.17, 15) is 4.79 Å². The Balaban J connectivity index is 2.02. The number of para-hydroxylation sites is 2. The normalized spacial score (nSPS) is 22.7. The van der Waals surface area contributed by atoms with E-state index in [2.05, 4.69) is 24.2 Å². The van der Waals surface area contributed by atoms with Crippen molar-refractivity contribution in [3.05, 3.63) is 24.3 Å². The molecule has 1 fully saturated rings. The number of carbonyl (C=O) groups is 1. The topological polar surface area (TPSA) is 44.8 Å². The Hall–Kier alpha value is -1.75. The summed E-state index contributed by atoms with van der Waals surface area (Å²) in [4.78, 5) is 16.6. The smallest absolute Gasteiger partial charge is 0.321 e. The second-order valence-corrected chi connectivity index (χ2v) is 5.84. The molecule has 1 saturated heterocycles. The van der Waals surface area contributed by atoms with Crippen LogP contribution >= 0.6 is 0 Å². The maximum absolute atomic E-state index is 12.5. The Morgan fingerprint density at radius 2 is 2.14 bits per heavy atom. The van der Waals surface area contributed by atoms with E-state index in [1.54, 1.807) is 7.11 Å². The van der Waals surface area contributed by atoms with Gasteiger partial charge in [-0.1, -0.05) is 19.1 Å². The molecule has 2 rings (SSSR count). The maximum atomic E-state index is 12.5. The van der Waals surface area contributed by atoms with E-state index in [-0.39, 0.29) is 12.1 Å². The van der Waals surface area contributed by atoms with Crippen molar-refractivity contribution >= 4 is 11.7 Å². The van der Waals surface area contributed by atoms with Crippen molar-refractivity contribution in [2.45, 2.75) is 19.4 Å². The van der Waals surface area contributed by atoms with Gasteiger partial charge in [-0.15, -0.1) is 0 Å². The predicted octanol–water partition coefficient (Wildman–Crippen LogP) is 2.50. The number of nitrogens with zero attached hydrogens (tertiary/aromatic N) is 2. The summed E-state index contributed by atoms with van der Waals surface area (Å²) in [7, 11) is 5.60. The summed E-state index contributed by atoms with van der Waals surface area (Å²) in [5.41, 5.74) is 0.706. The van der Waals surface area contributed by atoms with Crippen LogP contribution in [0.5, 0.6) is 5.75 Å². The van der Waals surface area contributed by atoms with Gasteiger partial charge in [0.15, 0.2) is 0 Å². The van der Waals surface area contributed by atoms with Gasteiger partial charge in [-0.25, -0.2) is 4.79 Å². The number of carbonyl (C=O) groups excluding carboxylic acids is 1. The maximum Gasteiger partial charge on any atom is 0.321 e. The van der Waals surface area contributed by atoms with E-state index in [1.807, 2.05) is 36.2 Å². The fourth-order valence-electron chi connectivity index (χ4n) is 3.02. The quantitative estimate of drug-likeness (QED) is 0.930. The van der Waals surface area contributed by atoms with Crippen molar-refractivity contribution in [1.29, 1.82) is 0 Å². The second-order valence-electron chi connectivity index (χ2n) is 5.84. The average Bonchev–Trinajstić information content (AvgIpc) is 2.47. The first-order valence-corrected chi connectivity index (χ1v) is 7.38. The van der Waals surface area contributed by atoms with Crippen molar-refractivity contribution in [2.24, 2.45) is 5.92 Å². The summed E-state index contributed by atoms with van der Waals surface area (Å²) >= 11 is 0. The number of amides is 2. The van der Waals surface area contributed by atoms with Crippen molar-refractivity contribution in [2.75, 3.05) is 39.6 Å². The lowest BCUT2D eigenvalue weighted by Crippen LogP contribution is -2.50. The van der Waals surface area contributed by atoms with E-state index in [0.717, 1.165) is 19.5 Å². The molecule has 1 aromatic carbocycles. The molecule has 2 atom stereocenters. The van der Waals surface area contributed by atoms with Gasteiger partial charge in [0.25, 0.3) is 0 Å². The summed E-state index contributed by atoms with van der Waals surface area (Å²) in [5.74, 6) is 1.15. The molecule has 5 heteroatoms. The van der Waals surface area contributed by atoms with Gasteiger partial charge in [-0.05, 0) is 38.1 Å². The number of urea groups is 1. The molecular formula is C16H25N3O2. The Labute approximate surface area is 126 Å². The molecule has 0 spiro atoms. The number of hydrogen-bond acceptors (Lipinski definition) is 3. The number of nitrogens with one attached hydrogen (secondary N) is 1. The highest BCUT2D eigenvalue weighted by molar-refractivity contribution is 5.91. The van der Waals surface area contributed by atoms with Crippen LogP contribution in [0.3, 0.4) is 0 Å². The average molecular weight is 291 g/mol. The minimum Gasteiger partial charge on any atom is -0.495 e. The highest BCUT2D eigenvalue weighted by Gasteiger charge is 2.30. The molecule has 1 aliphatic rings. The summed E-state index contributed by atoms with van der Waals surface area (Å²) < 4.78 is 5.27. The standard InChI is InChI=1S/C16H25N3O2/c1-12-11-18(2)10-9-14(12)19(3)16(20)17-13-7-5-6-8-15(13)21-4/h5-8,12,14H,9-11H2,1-4H3,(H,17,20). The number of piperidine rings is 1. The van der Waals surface area contributed by atoms with Crippen LogP contribution in [0, 0.1) is 5.92 Å². The fraction of sp³-hybridized carbons (Fsp3) is 0.562. The lowest BCUT2D eigenvalue weighted by molar-refractivity contribution is 0.113. The number of methoxy groups -OCH3 is 1. The summed E-state index contributed by atoms with van der Waals surface area (Å²) in [6.45, 7) is 4.26. The van der Waals surface area contributed by atoms with Crippen LogP contribution in [0.4, 0.5) is 10.5 Å². The lowest BCUT2D eigenvalue weighted by Gasteiger charge is -2.39. The Morgan fingerprint density at radius 1 is 1.43 bits per heavy atom. The van der Waals surface area contributed by atoms with Crippen LogP contribution in [0.25, 0.3) is 0 Å². The molecule has 1 aliphatic heterocycles. The van der Waals surface area contributed by atoms with Crippen LogP contribution < -0.4 is 10.1 Å². The molecule has 116 valence electrons. The van der Waals surface area contributed by atoms with Crippen molar-refractivity contribution < 1.29 is 9.53 Å². The summed E-state index contributed by atoms with van der Waals surface area (Å²) in [6.07, 6.45) is 1.01. The third kappa shape index (κ3) is 3.67. The zero-order chi connectivity index (χ0) is 15.4. The second kappa shape index (κ2) is 6.80. The lowest BCUT2D eigenvalue weighted by atomic mass is 9.93. The van der Waals surface area contributed by atoms with Crippen LogP contribution in [0.2, 0.25) is 0 Å². The fourth-order valence-corrected chi connectivity index (χ4v) is 3.02. The first-order valence-electron chi connectivity index (χ1n) is 7.38. The number of likely N-dealkylation sites (tertiary alicyclic amines) is 1. The minimum atomic E-state index is -0.0825. The summed E-state index contributed by atoms with van der Waals surface area (Å²) in [6, 6.07) is 7.65. The number of anilines is 1. The monoisotopic (exact) mass is 291 g/mol. The third-order valence-corrected chi connectivity index (χ3v) is 4.23. The van der Waals surface area contributed by atoms with E-state index < -0.39 is 0 Å². The largest absolute Gasteiger partial charge is 0.495 e. The van der Waals surface area contributed by atoms with Crippen molar-refractivity contribution in [1.82, 2.24) is 9.80 Å². The molecule has 1 heterocycles. The Morgan fingerprint density at radius 3 is 2.81 bits per heavy atom. The molecule has 0 radical (unpaired) electrons. The zero-order valence-corrected chi connectivity index (χ0v) is 13.3. The summed E-state index contributed by atoms with van der Waals surface area (Å²) in [5, 5.41) is 2.94. The molecule has 1 N–H and O–H groups in total. The SMILES string of the molecule is COc1ccccc1NC(=O)N(C)C1CCN(C)CC1C. The minimum absolute atomic E-state index is 0.0825. The molecule has 0 aliphatic carbocycles. The van der Waals surface area contributed by atoms with Gasteiger partial charge in [0.2, 0.25) is 0 Å². The molecule has 0 aromatic heterocycles. The molecule has 5 nitrogen and oxygen atoms in total. The molecule has 0 saturated carbocycles. The van der Waals surface area contributed by atoms with E-state index in [0.29, 0.717) is 17.4 Å². The van der Waals surface area contributed by atoms with Gasteiger partial charge in [-0.2, -0.15) is 0 Å². The molecule has 1 aromatic rings. The van der Waals surface area contributed by atoms with E-state index >= 15 is 0 Å². The Bertz CT molecular complexity index is 492. The van der Waals surface area contributed by atoms with Crippen LogP contribution in [0.15, 0.2) is 24.3 Å². The molecular weight excluding hydrogens is 266 g/mol. The van der Waals surface area contributed by atoms with E-state index in [1.165, 1.54) is 0 Å². The van der Waals surface area contributed by atoms with Gasteiger partial charge in [0, 0.05) is 19.6 Å². The van der Waals surface area contributed by atoms with Gasteiger partial charge in [0.05, 0.1) is 12.8 Å². The number of hydrogen-bond donors (Lipinski definition) is 1. The first kappa shape index (κ1) is 15.6. The number of ether oxygens (including phenoxy) is 1. The number of rotatable bonds is 3. The van der Waals surface area contributed by atoms with Crippen molar-refractivity contribution in [3.8, 4) is 5.75 Å². The van der Waals surface area contributed by atoms with Crippen LogP contribution in [0.1, 0.15) is 13.3 Å². The molecule has 21 heavy (non-hydrogen) atoms. The first-order chi connectivity index (χ1) is 10.0. The molecule has 0 bridgehead atoms. The van der Waals surface area contributed by atoms with Gasteiger partial charge in [0.1, 0.15) is 5.75 Å². The molecule has 2 amide bonds. The number of benzene rings is 1. The van der Waals surface area contributed by atoms with Crippen LogP contribution in [-0.4, -0.2) is 56.2 Å². The highest BCUT2D eigenvalue weighted by Crippen LogP contribution is 2.25. The van der Waals surface area contributed by atoms with Crippen LogP contribution in [-0.2, 0) is 0 Å². The van der Waals surface area contributed by atoms with Gasteiger partial charge < -0.3 is 19.9 Å². The Kier molecular flexibility index (Phi) is 5.07. The van der Waals surface area contributed by atoms with Gasteiger partial charge in [-0.3, -0.25) is 0 Å². The molecule has 2 unspecified atom stereocenters. The van der Waals surface area contributed by atoms with Crippen molar-refractivity contribution in [3.63, 3.8) is 0 Å².